The predicted octanol–water partition coefficient (Wildman–Crippen LogP) is -1.07. The Balaban J connectivity index is 2.20. The van der Waals surface area contributed by atoms with Crippen LogP contribution in [0, 0.1) is 0 Å². The molecule has 0 unspecified atom stereocenters. The third-order valence-corrected chi connectivity index (χ3v) is 2.96. The van der Waals surface area contributed by atoms with E-state index in [4.69, 9.17) is 9.47 Å². The second kappa shape index (κ2) is 5.49. The second-order valence-corrected chi connectivity index (χ2v) is 5.17. The van der Waals surface area contributed by atoms with Gasteiger partial charge in [-0.3, -0.25) is 14.3 Å². The first-order valence-electron chi connectivity index (χ1n) is 6.28. The van der Waals surface area contributed by atoms with Gasteiger partial charge in [0, 0.05) is 18.7 Å². The number of aliphatic hydroxyl groups excluding tert-OH is 1. The van der Waals surface area contributed by atoms with E-state index in [1.54, 1.807) is 0 Å². The summed E-state index contributed by atoms with van der Waals surface area (Å²) in [5.74, 6) is -1.37. The van der Waals surface area contributed by atoms with Crippen LogP contribution in [0.3, 0.4) is 0 Å². The van der Waals surface area contributed by atoms with Gasteiger partial charge in [-0.15, -0.1) is 0 Å². The quantitative estimate of drug-likeness (QED) is 0.607. The Morgan fingerprint density at radius 3 is 2.80 bits per heavy atom. The van der Waals surface area contributed by atoms with Gasteiger partial charge >= 0.3 is 5.69 Å². The largest absolute Gasteiger partial charge is 0.394 e. The standard InChI is InChI=1S/C12H18N2O6/c1-12(2,18)20-7-5-10(19-8(7)6-15)14-4-3-9(16)13-11(14)17/h3-4,7-8,10,15,18H,5-6H2,1-2H3,(H,13,16,17)/t7-,8+,10+/m0/s1. The van der Waals surface area contributed by atoms with Crippen LogP contribution >= 0.6 is 0 Å². The minimum absolute atomic E-state index is 0.279. The molecule has 0 amide bonds. The lowest BCUT2D eigenvalue weighted by atomic mass is 10.1. The normalized spacial score (nSPS) is 26.9. The molecule has 1 aliphatic rings. The maximum Gasteiger partial charge on any atom is 0.330 e. The molecule has 3 atom stereocenters. The van der Waals surface area contributed by atoms with Crippen molar-refractivity contribution in [1.29, 1.82) is 0 Å². The summed E-state index contributed by atoms with van der Waals surface area (Å²) in [6, 6.07) is 1.21. The number of hydrogen-bond acceptors (Lipinski definition) is 6. The maximum atomic E-state index is 11.7. The molecule has 2 rings (SSSR count). The van der Waals surface area contributed by atoms with Gasteiger partial charge in [0.15, 0.2) is 5.79 Å². The molecule has 0 radical (unpaired) electrons. The van der Waals surface area contributed by atoms with E-state index in [9.17, 15) is 19.8 Å². The summed E-state index contributed by atoms with van der Waals surface area (Å²) in [4.78, 5) is 24.8. The Morgan fingerprint density at radius 1 is 1.55 bits per heavy atom. The van der Waals surface area contributed by atoms with Crippen LogP contribution in [0.2, 0.25) is 0 Å². The monoisotopic (exact) mass is 286 g/mol. The van der Waals surface area contributed by atoms with Crippen LogP contribution in [0.4, 0.5) is 0 Å². The minimum Gasteiger partial charge on any atom is -0.394 e. The third-order valence-electron chi connectivity index (χ3n) is 2.96. The van der Waals surface area contributed by atoms with E-state index in [2.05, 4.69) is 4.98 Å². The average molecular weight is 286 g/mol. The molecule has 0 bridgehead atoms. The van der Waals surface area contributed by atoms with E-state index in [0.29, 0.717) is 0 Å². The molecular weight excluding hydrogens is 268 g/mol. The van der Waals surface area contributed by atoms with Crippen molar-refractivity contribution < 1.29 is 19.7 Å². The first kappa shape index (κ1) is 14.9. The summed E-state index contributed by atoms with van der Waals surface area (Å²) >= 11 is 0. The van der Waals surface area contributed by atoms with E-state index >= 15 is 0 Å². The number of ether oxygens (including phenoxy) is 2. The fraction of sp³-hybridized carbons (Fsp3) is 0.667. The molecule has 8 nitrogen and oxygen atoms in total. The molecular formula is C12H18N2O6. The van der Waals surface area contributed by atoms with Crippen molar-refractivity contribution in [1.82, 2.24) is 9.55 Å². The number of rotatable bonds is 4. The van der Waals surface area contributed by atoms with Crippen molar-refractivity contribution in [2.45, 2.75) is 44.5 Å². The Morgan fingerprint density at radius 2 is 2.25 bits per heavy atom. The van der Waals surface area contributed by atoms with E-state index in [1.807, 2.05) is 0 Å². The van der Waals surface area contributed by atoms with Gasteiger partial charge in [-0.25, -0.2) is 4.79 Å². The van der Waals surface area contributed by atoms with Crippen molar-refractivity contribution in [3.8, 4) is 0 Å². The van der Waals surface area contributed by atoms with Crippen molar-refractivity contribution in [3.05, 3.63) is 33.1 Å². The van der Waals surface area contributed by atoms with Crippen LogP contribution in [0.15, 0.2) is 21.9 Å². The molecule has 1 aromatic rings. The predicted molar refractivity (Wildman–Crippen MR) is 68.1 cm³/mol. The lowest BCUT2D eigenvalue weighted by molar-refractivity contribution is -0.216. The average Bonchev–Trinajstić information content (AvgIpc) is 2.69. The topological polar surface area (TPSA) is 114 Å². The molecule has 3 N–H and O–H groups in total. The molecule has 112 valence electrons. The molecule has 1 aliphatic heterocycles. The molecule has 20 heavy (non-hydrogen) atoms. The van der Waals surface area contributed by atoms with Crippen LogP contribution in [-0.2, 0) is 9.47 Å². The molecule has 8 heteroatoms. The van der Waals surface area contributed by atoms with Crippen molar-refractivity contribution in [3.63, 3.8) is 0 Å². The highest BCUT2D eigenvalue weighted by atomic mass is 16.7. The second-order valence-electron chi connectivity index (χ2n) is 5.17. The zero-order chi connectivity index (χ0) is 14.9. The molecule has 1 fully saturated rings. The zero-order valence-corrected chi connectivity index (χ0v) is 11.3. The number of aliphatic hydroxyl groups is 2. The van der Waals surface area contributed by atoms with Gasteiger partial charge in [0.05, 0.1) is 12.7 Å². The minimum atomic E-state index is -1.37. The van der Waals surface area contributed by atoms with Crippen LogP contribution in [0.25, 0.3) is 0 Å². The van der Waals surface area contributed by atoms with Crippen LogP contribution in [0.5, 0.6) is 0 Å². The molecule has 0 spiro atoms. The fourth-order valence-corrected chi connectivity index (χ4v) is 2.18. The van der Waals surface area contributed by atoms with Crippen LogP contribution in [0.1, 0.15) is 26.5 Å². The fourth-order valence-electron chi connectivity index (χ4n) is 2.18. The van der Waals surface area contributed by atoms with E-state index in [0.717, 1.165) is 0 Å². The van der Waals surface area contributed by atoms with Gasteiger partial charge in [-0.1, -0.05) is 0 Å². The van der Waals surface area contributed by atoms with Gasteiger partial charge in [0.2, 0.25) is 0 Å². The number of aromatic nitrogens is 2. The zero-order valence-electron chi connectivity index (χ0n) is 11.3. The summed E-state index contributed by atoms with van der Waals surface area (Å²) < 4.78 is 12.2. The van der Waals surface area contributed by atoms with E-state index in [-0.39, 0.29) is 13.0 Å². The van der Waals surface area contributed by atoms with Crippen molar-refractivity contribution >= 4 is 0 Å². The lowest BCUT2D eigenvalue weighted by Crippen LogP contribution is -2.36. The molecule has 1 saturated heterocycles. The molecule has 1 aromatic heterocycles. The Kier molecular flexibility index (Phi) is 4.09. The number of H-pyrrole nitrogens is 1. The summed E-state index contributed by atoms with van der Waals surface area (Å²) in [5.41, 5.74) is -1.09. The Hall–Kier alpha value is -1.48. The van der Waals surface area contributed by atoms with Gasteiger partial charge in [-0.2, -0.15) is 0 Å². The van der Waals surface area contributed by atoms with E-state index < -0.39 is 35.5 Å². The van der Waals surface area contributed by atoms with E-state index in [1.165, 1.54) is 30.7 Å². The number of nitrogens with zero attached hydrogens (tertiary/aromatic N) is 1. The van der Waals surface area contributed by atoms with Gasteiger partial charge < -0.3 is 19.7 Å². The summed E-state index contributed by atoms with van der Waals surface area (Å²) in [7, 11) is 0. The Labute approximate surface area is 114 Å². The maximum absolute atomic E-state index is 11.7. The first-order valence-corrected chi connectivity index (χ1v) is 6.28. The molecule has 0 aromatic carbocycles. The lowest BCUT2D eigenvalue weighted by Gasteiger charge is -2.25. The van der Waals surface area contributed by atoms with Gasteiger partial charge in [0.25, 0.3) is 5.56 Å². The highest BCUT2D eigenvalue weighted by Crippen LogP contribution is 2.31. The summed E-state index contributed by atoms with van der Waals surface area (Å²) in [6.45, 7) is 2.65. The Bertz CT molecular complexity index is 572. The van der Waals surface area contributed by atoms with Crippen molar-refractivity contribution in [2.75, 3.05) is 6.61 Å². The van der Waals surface area contributed by atoms with Gasteiger partial charge in [0.1, 0.15) is 12.3 Å². The molecule has 0 saturated carbocycles. The summed E-state index contributed by atoms with van der Waals surface area (Å²) in [6.07, 6.45) is -0.258. The number of nitrogens with one attached hydrogen (secondary N) is 1. The number of aromatic amines is 1. The summed E-state index contributed by atoms with van der Waals surface area (Å²) in [5, 5.41) is 18.9. The van der Waals surface area contributed by atoms with Crippen molar-refractivity contribution in [2.24, 2.45) is 0 Å². The van der Waals surface area contributed by atoms with Crippen LogP contribution in [-0.4, -0.2) is 44.4 Å². The highest BCUT2D eigenvalue weighted by molar-refractivity contribution is 4.89. The van der Waals surface area contributed by atoms with Crippen LogP contribution < -0.4 is 11.2 Å². The third kappa shape index (κ3) is 3.34. The molecule has 2 heterocycles. The first-order chi connectivity index (χ1) is 9.30. The van der Waals surface area contributed by atoms with Gasteiger partial charge in [-0.05, 0) is 13.8 Å². The highest BCUT2D eigenvalue weighted by Gasteiger charge is 2.39. The smallest absolute Gasteiger partial charge is 0.330 e. The number of hydrogen-bond donors (Lipinski definition) is 3. The SMILES string of the molecule is CC(C)(O)O[C@H]1C[C@H](n2ccc(=O)[nH]c2=O)O[C@@H]1CO. The molecule has 0 aliphatic carbocycles.